The summed E-state index contributed by atoms with van der Waals surface area (Å²) in [6.45, 7) is 6.60. The van der Waals surface area contributed by atoms with Gasteiger partial charge in [0.05, 0.1) is 24.2 Å². The number of hydrogen-bond acceptors (Lipinski definition) is 9. The van der Waals surface area contributed by atoms with Crippen LogP contribution < -0.4 is 9.64 Å². The standard InChI is InChI=1S/C28H33N5O5/c1-28(2,3)38-26(35)13-17-11-19(12-17)36-25-7-6-24-30-15-21(33(24)31-25)23-14-20-22(37-23)8-9-29-27(20)32-10-4-5-18(32)16-34/h6-9,14-15,17-19,34H,4-5,10-13,16H2,1-3H3/t17?,18-,19?/m1/s1. The third kappa shape index (κ3) is 4.80. The summed E-state index contributed by atoms with van der Waals surface area (Å²) in [6.07, 6.45) is 7.46. The van der Waals surface area contributed by atoms with Crippen molar-refractivity contribution in [3.05, 3.63) is 36.7 Å². The van der Waals surface area contributed by atoms with Gasteiger partial charge in [0, 0.05) is 25.2 Å². The highest BCUT2D eigenvalue weighted by Crippen LogP contribution is 2.36. The van der Waals surface area contributed by atoms with E-state index < -0.39 is 5.60 Å². The van der Waals surface area contributed by atoms with E-state index in [0.717, 1.165) is 49.0 Å². The number of nitrogens with zero attached hydrogens (tertiary/aromatic N) is 5. The van der Waals surface area contributed by atoms with Gasteiger partial charge >= 0.3 is 5.97 Å². The molecule has 1 saturated carbocycles. The van der Waals surface area contributed by atoms with Gasteiger partial charge in [0.15, 0.2) is 11.4 Å². The summed E-state index contributed by atoms with van der Waals surface area (Å²) >= 11 is 0. The molecule has 1 atom stereocenters. The summed E-state index contributed by atoms with van der Waals surface area (Å²) in [6, 6.07) is 7.57. The molecule has 0 amide bonds. The number of carbonyl (C=O) groups excluding carboxylic acids is 1. The maximum Gasteiger partial charge on any atom is 0.306 e. The summed E-state index contributed by atoms with van der Waals surface area (Å²) in [5.41, 5.74) is 1.65. The minimum absolute atomic E-state index is 0.0131. The van der Waals surface area contributed by atoms with Crippen molar-refractivity contribution in [3.8, 4) is 17.3 Å². The predicted molar refractivity (Wildman–Crippen MR) is 141 cm³/mol. The molecule has 0 aromatic carbocycles. The Hall–Kier alpha value is -3.66. The van der Waals surface area contributed by atoms with Crippen LogP contribution in [0.15, 0.2) is 41.1 Å². The number of imidazole rings is 1. The van der Waals surface area contributed by atoms with E-state index in [1.165, 1.54) is 0 Å². The number of aliphatic hydroxyl groups is 1. The monoisotopic (exact) mass is 519 g/mol. The van der Waals surface area contributed by atoms with Crippen LogP contribution in [-0.2, 0) is 9.53 Å². The van der Waals surface area contributed by atoms with Gasteiger partial charge in [0.2, 0.25) is 5.88 Å². The first kappa shape index (κ1) is 24.7. The molecule has 4 aromatic rings. The fraction of sp³-hybridized carbons (Fsp3) is 0.500. The molecule has 0 unspecified atom stereocenters. The molecular formula is C28H33N5O5. The van der Waals surface area contributed by atoms with E-state index in [1.807, 2.05) is 45.0 Å². The minimum Gasteiger partial charge on any atom is -0.473 e. The lowest BCUT2D eigenvalue weighted by molar-refractivity contribution is -0.157. The summed E-state index contributed by atoms with van der Waals surface area (Å²) in [5, 5.41) is 15.4. The number of pyridine rings is 1. The summed E-state index contributed by atoms with van der Waals surface area (Å²) in [5.74, 6) is 2.06. The molecule has 1 aliphatic carbocycles. The van der Waals surface area contributed by atoms with Crippen molar-refractivity contribution in [1.29, 1.82) is 0 Å². The normalized spacial score (nSPS) is 21.7. The fourth-order valence-corrected chi connectivity index (χ4v) is 5.42. The number of aromatic nitrogens is 4. The van der Waals surface area contributed by atoms with Crippen LogP contribution in [0.5, 0.6) is 5.88 Å². The number of hydrogen-bond donors (Lipinski definition) is 1. The Balaban J connectivity index is 1.19. The van der Waals surface area contributed by atoms with Crippen LogP contribution >= 0.6 is 0 Å². The Morgan fingerprint density at radius 1 is 1.21 bits per heavy atom. The van der Waals surface area contributed by atoms with E-state index in [9.17, 15) is 9.90 Å². The molecule has 1 N–H and O–H groups in total. The summed E-state index contributed by atoms with van der Waals surface area (Å²) < 4.78 is 19.5. The molecule has 0 spiro atoms. The molecule has 1 aliphatic heterocycles. The lowest BCUT2D eigenvalue weighted by Gasteiger charge is -2.34. The molecule has 10 nitrogen and oxygen atoms in total. The Kier molecular flexibility index (Phi) is 6.22. The van der Waals surface area contributed by atoms with Crippen LogP contribution in [0.3, 0.4) is 0 Å². The van der Waals surface area contributed by atoms with Crippen molar-refractivity contribution in [2.24, 2.45) is 5.92 Å². The first-order valence-electron chi connectivity index (χ1n) is 13.3. The van der Waals surface area contributed by atoms with Crippen molar-refractivity contribution in [3.63, 3.8) is 0 Å². The van der Waals surface area contributed by atoms with Crippen molar-refractivity contribution >= 4 is 28.4 Å². The second kappa shape index (κ2) is 9.58. The highest BCUT2D eigenvalue weighted by atomic mass is 16.6. The van der Waals surface area contributed by atoms with Crippen molar-refractivity contribution in [2.75, 3.05) is 18.1 Å². The van der Waals surface area contributed by atoms with Gasteiger partial charge in [-0.05, 0) is 70.6 Å². The second-order valence-electron chi connectivity index (χ2n) is 11.3. The van der Waals surface area contributed by atoms with E-state index in [-0.39, 0.29) is 30.6 Å². The zero-order chi connectivity index (χ0) is 26.4. The Morgan fingerprint density at radius 2 is 2.05 bits per heavy atom. The lowest BCUT2D eigenvalue weighted by Crippen LogP contribution is -2.36. The van der Waals surface area contributed by atoms with E-state index >= 15 is 0 Å². The number of fused-ring (bicyclic) bond motifs is 2. The molecule has 4 aromatic heterocycles. The smallest absolute Gasteiger partial charge is 0.306 e. The summed E-state index contributed by atoms with van der Waals surface area (Å²) in [7, 11) is 0. The number of carbonyl (C=O) groups is 1. The molecule has 0 bridgehead atoms. The van der Waals surface area contributed by atoms with Crippen LogP contribution in [-0.4, -0.2) is 61.6 Å². The fourth-order valence-electron chi connectivity index (χ4n) is 5.42. The Morgan fingerprint density at radius 3 is 2.84 bits per heavy atom. The molecule has 2 fully saturated rings. The third-order valence-corrected chi connectivity index (χ3v) is 7.23. The number of aliphatic hydroxyl groups excluding tert-OH is 1. The van der Waals surface area contributed by atoms with Crippen LogP contribution in [0.1, 0.15) is 52.9 Å². The van der Waals surface area contributed by atoms with Crippen molar-refractivity contribution in [1.82, 2.24) is 19.6 Å². The average Bonchev–Trinajstić information content (AvgIpc) is 3.58. The van der Waals surface area contributed by atoms with Crippen LogP contribution in [0.25, 0.3) is 28.1 Å². The number of esters is 1. The molecule has 5 heterocycles. The maximum atomic E-state index is 12.1. The quantitative estimate of drug-likeness (QED) is 0.355. The van der Waals surface area contributed by atoms with Gasteiger partial charge in [-0.3, -0.25) is 4.79 Å². The molecule has 10 heteroatoms. The molecule has 6 rings (SSSR count). The molecule has 2 aliphatic rings. The van der Waals surface area contributed by atoms with Gasteiger partial charge in [0.25, 0.3) is 0 Å². The largest absolute Gasteiger partial charge is 0.473 e. The molecule has 1 saturated heterocycles. The van der Waals surface area contributed by atoms with Gasteiger partial charge in [-0.2, -0.15) is 0 Å². The van der Waals surface area contributed by atoms with Gasteiger partial charge in [0.1, 0.15) is 28.8 Å². The molecule has 200 valence electrons. The zero-order valence-electron chi connectivity index (χ0n) is 22.0. The van der Waals surface area contributed by atoms with Gasteiger partial charge in [-0.1, -0.05) is 0 Å². The first-order valence-corrected chi connectivity index (χ1v) is 13.3. The number of furan rings is 1. The zero-order valence-corrected chi connectivity index (χ0v) is 22.0. The predicted octanol–water partition coefficient (Wildman–Crippen LogP) is 4.39. The van der Waals surface area contributed by atoms with E-state index in [2.05, 4.69) is 20.0 Å². The lowest BCUT2D eigenvalue weighted by atomic mass is 9.80. The van der Waals surface area contributed by atoms with Crippen LogP contribution in [0.2, 0.25) is 0 Å². The Labute approximate surface area is 220 Å². The van der Waals surface area contributed by atoms with Crippen molar-refractivity contribution < 1.29 is 23.8 Å². The van der Waals surface area contributed by atoms with Gasteiger partial charge < -0.3 is 23.9 Å². The number of anilines is 1. The number of ether oxygens (including phenoxy) is 2. The average molecular weight is 520 g/mol. The molecular weight excluding hydrogens is 486 g/mol. The molecule has 0 radical (unpaired) electrons. The number of rotatable bonds is 7. The van der Waals surface area contributed by atoms with Crippen LogP contribution in [0, 0.1) is 5.92 Å². The highest BCUT2D eigenvalue weighted by molar-refractivity contribution is 5.92. The van der Waals surface area contributed by atoms with E-state index in [0.29, 0.717) is 29.4 Å². The first-order chi connectivity index (χ1) is 18.3. The second-order valence-corrected chi connectivity index (χ2v) is 11.3. The van der Waals surface area contributed by atoms with Gasteiger partial charge in [-0.15, -0.1) is 5.10 Å². The topological polar surface area (TPSA) is 115 Å². The summed E-state index contributed by atoms with van der Waals surface area (Å²) in [4.78, 5) is 23.4. The Bertz CT molecular complexity index is 1470. The maximum absolute atomic E-state index is 12.1. The van der Waals surface area contributed by atoms with E-state index in [1.54, 1.807) is 16.9 Å². The SMILES string of the molecule is CC(C)(C)OC(=O)CC1CC(Oc2ccc3ncc(-c4cc5c(N6CCC[C@@H]6CO)nccc5o4)n3n2)C1. The highest BCUT2D eigenvalue weighted by Gasteiger charge is 2.34. The minimum atomic E-state index is -0.466. The van der Waals surface area contributed by atoms with Crippen molar-refractivity contribution in [2.45, 2.75) is 70.6 Å². The van der Waals surface area contributed by atoms with Gasteiger partial charge in [-0.25, -0.2) is 14.5 Å². The van der Waals surface area contributed by atoms with E-state index in [4.69, 9.17) is 13.9 Å². The third-order valence-electron chi connectivity index (χ3n) is 7.23. The molecule has 38 heavy (non-hydrogen) atoms. The van der Waals surface area contributed by atoms with Crippen LogP contribution in [0.4, 0.5) is 5.82 Å².